The lowest BCUT2D eigenvalue weighted by atomic mass is 9.94. The molecule has 0 atom stereocenters. The summed E-state index contributed by atoms with van der Waals surface area (Å²) >= 11 is 0. The second-order valence-corrected chi connectivity index (χ2v) is 7.05. The summed E-state index contributed by atoms with van der Waals surface area (Å²) in [6.45, 7) is 2.19. The van der Waals surface area contributed by atoms with E-state index in [-0.39, 0.29) is 5.75 Å². The fraction of sp³-hybridized carbons (Fsp3) is 0.462. The van der Waals surface area contributed by atoms with Crippen LogP contribution in [0, 0.1) is 0 Å². The molecule has 6 heteroatoms. The van der Waals surface area contributed by atoms with Crippen LogP contribution in [0.5, 0.6) is 0 Å². The zero-order chi connectivity index (χ0) is 13.8. The maximum atomic E-state index is 12.0. The van der Waals surface area contributed by atoms with Crippen LogP contribution in [0.2, 0.25) is 0 Å². The van der Waals surface area contributed by atoms with E-state index in [9.17, 15) is 18.3 Å². The number of sulfonamides is 1. The molecule has 19 heavy (non-hydrogen) atoms. The van der Waals surface area contributed by atoms with E-state index >= 15 is 0 Å². The highest BCUT2D eigenvalue weighted by Gasteiger charge is 2.52. The fourth-order valence-corrected chi connectivity index (χ4v) is 4.44. The molecule has 0 amide bonds. The molecule has 0 aromatic heterocycles. The van der Waals surface area contributed by atoms with E-state index in [4.69, 9.17) is 0 Å². The Hall–Kier alpha value is -1.56. The Morgan fingerprint density at radius 2 is 2.11 bits per heavy atom. The van der Waals surface area contributed by atoms with Crippen LogP contribution in [0.15, 0.2) is 18.2 Å². The minimum absolute atomic E-state index is 0.0281. The summed E-state index contributed by atoms with van der Waals surface area (Å²) in [7, 11) is -3.27. The van der Waals surface area contributed by atoms with Crippen molar-refractivity contribution in [2.75, 3.05) is 10.8 Å². The molecule has 1 aromatic carbocycles. The number of carbonyl (C=O) groups is 1. The van der Waals surface area contributed by atoms with E-state index < -0.39 is 21.4 Å². The number of carboxylic acid groups (broad SMARTS) is 1. The van der Waals surface area contributed by atoms with Crippen LogP contribution in [0.25, 0.3) is 0 Å². The first kappa shape index (κ1) is 12.5. The third kappa shape index (κ3) is 1.66. The Labute approximate surface area is 111 Å². The van der Waals surface area contributed by atoms with Gasteiger partial charge in [0.15, 0.2) is 0 Å². The third-order valence-corrected chi connectivity index (χ3v) is 5.82. The van der Waals surface area contributed by atoms with Crippen molar-refractivity contribution in [1.82, 2.24) is 0 Å². The highest BCUT2D eigenvalue weighted by atomic mass is 32.2. The Bertz CT molecular complexity index is 661. The number of hydrogen-bond donors (Lipinski definition) is 1. The van der Waals surface area contributed by atoms with Crippen molar-refractivity contribution in [3.63, 3.8) is 0 Å². The SMILES string of the molecule is CCN1c2ccc(C3(C(=O)O)CC3)cc2CS1(=O)=O. The van der Waals surface area contributed by atoms with Crippen molar-refractivity contribution >= 4 is 21.7 Å². The molecule has 5 nitrogen and oxygen atoms in total. The molecule has 1 aromatic rings. The molecule has 1 saturated carbocycles. The van der Waals surface area contributed by atoms with Gasteiger partial charge in [0.2, 0.25) is 10.0 Å². The number of hydrogen-bond acceptors (Lipinski definition) is 3. The van der Waals surface area contributed by atoms with Crippen LogP contribution >= 0.6 is 0 Å². The molecule has 0 spiro atoms. The minimum Gasteiger partial charge on any atom is -0.481 e. The molecule has 0 saturated heterocycles. The molecular formula is C13H15NO4S. The molecule has 1 fully saturated rings. The fourth-order valence-electron chi connectivity index (χ4n) is 2.78. The first-order valence-electron chi connectivity index (χ1n) is 6.28. The molecule has 0 bridgehead atoms. The molecule has 1 aliphatic heterocycles. The van der Waals surface area contributed by atoms with Crippen molar-refractivity contribution in [2.45, 2.75) is 30.9 Å². The maximum absolute atomic E-state index is 12.0. The Balaban J connectivity index is 2.07. The van der Waals surface area contributed by atoms with Crippen LogP contribution in [0.1, 0.15) is 30.9 Å². The van der Waals surface area contributed by atoms with Crippen molar-refractivity contribution in [2.24, 2.45) is 0 Å². The van der Waals surface area contributed by atoms with Crippen molar-refractivity contribution < 1.29 is 18.3 Å². The number of rotatable bonds is 3. The Morgan fingerprint density at radius 3 is 2.63 bits per heavy atom. The van der Waals surface area contributed by atoms with Crippen LogP contribution < -0.4 is 4.31 Å². The van der Waals surface area contributed by atoms with E-state index in [0.717, 1.165) is 5.56 Å². The summed E-state index contributed by atoms with van der Waals surface area (Å²) in [4.78, 5) is 11.3. The summed E-state index contributed by atoms with van der Waals surface area (Å²) < 4.78 is 25.3. The van der Waals surface area contributed by atoms with Crippen molar-refractivity contribution in [1.29, 1.82) is 0 Å². The summed E-state index contributed by atoms with van der Waals surface area (Å²) in [6.07, 6.45) is 1.26. The number of nitrogens with zero attached hydrogens (tertiary/aromatic N) is 1. The molecule has 2 aliphatic rings. The predicted molar refractivity (Wildman–Crippen MR) is 70.6 cm³/mol. The smallest absolute Gasteiger partial charge is 0.314 e. The number of aliphatic carboxylic acids is 1. The monoisotopic (exact) mass is 281 g/mol. The lowest BCUT2D eigenvalue weighted by molar-refractivity contribution is -0.140. The molecule has 3 rings (SSSR count). The molecule has 102 valence electrons. The normalized spacial score (nSPS) is 22.1. The topological polar surface area (TPSA) is 74.7 Å². The lowest BCUT2D eigenvalue weighted by Gasteiger charge is -2.16. The van der Waals surface area contributed by atoms with Gasteiger partial charge >= 0.3 is 5.97 Å². The predicted octanol–water partition coefficient (Wildman–Crippen LogP) is 1.47. The molecule has 0 radical (unpaired) electrons. The zero-order valence-corrected chi connectivity index (χ0v) is 11.4. The van der Waals surface area contributed by atoms with Gasteiger partial charge in [0.05, 0.1) is 16.9 Å². The molecule has 0 unspecified atom stereocenters. The second kappa shape index (κ2) is 3.72. The van der Waals surface area contributed by atoms with Crippen molar-refractivity contribution in [3.8, 4) is 0 Å². The molecular weight excluding hydrogens is 266 g/mol. The Morgan fingerprint density at radius 1 is 1.42 bits per heavy atom. The largest absolute Gasteiger partial charge is 0.481 e. The van der Waals surface area contributed by atoms with Crippen LogP contribution in [-0.2, 0) is 26.0 Å². The van der Waals surface area contributed by atoms with E-state index in [1.54, 1.807) is 25.1 Å². The van der Waals surface area contributed by atoms with Gasteiger partial charge in [-0.1, -0.05) is 12.1 Å². The highest BCUT2D eigenvalue weighted by molar-refractivity contribution is 7.92. The first-order chi connectivity index (χ1) is 8.90. The second-order valence-electron chi connectivity index (χ2n) is 5.15. The maximum Gasteiger partial charge on any atom is 0.314 e. The zero-order valence-electron chi connectivity index (χ0n) is 10.6. The van der Waals surface area contributed by atoms with Crippen LogP contribution in [0.4, 0.5) is 5.69 Å². The average Bonchev–Trinajstić information content (AvgIpc) is 3.08. The van der Waals surface area contributed by atoms with Gasteiger partial charge in [-0.05, 0) is 37.0 Å². The van der Waals surface area contributed by atoms with E-state index in [0.29, 0.717) is 30.6 Å². The standard InChI is InChI=1S/C13H15NO4S/c1-2-14-11-4-3-10(13(5-6-13)12(15)16)7-9(11)8-19(14,17)18/h3-4,7H,2,5-6,8H2,1H3,(H,15,16). The van der Waals surface area contributed by atoms with Gasteiger partial charge in [-0.2, -0.15) is 0 Å². The average molecular weight is 281 g/mol. The summed E-state index contributed by atoms with van der Waals surface area (Å²) in [6, 6.07) is 5.24. The molecule has 1 heterocycles. The lowest BCUT2D eigenvalue weighted by Crippen LogP contribution is -2.26. The van der Waals surface area contributed by atoms with Gasteiger partial charge in [-0.25, -0.2) is 8.42 Å². The highest BCUT2D eigenvalue weighted by Crippen LogP contribution is 2.50. The Kier molecular flexibility index (Phi) is 2.44. The van der Waals surface area contributed by atoms with Gasteiger partial charge in [0.1, 0.15) is 0 Å². The van der Waals surface area contributed by atoms with Crippen LogP contribution in [-0.4, -0.2) is 26.0 Å². The molecule has 1 aliphatic carbocycles. The van der Waals surface area contributed by atoms with E-state index in [1.165, 1.54) is 4.31 Å². The van der Waals surface area contributed by atoms with Gasteiger partial charge < -0.3 is 5.11 Å². The van der Waals surface area contributed by atoms with Gasteiger partial charge in [0.25, 0.3) is 0 Å². The third-order valence-electron chi connectivity index (χ3n) is 4.02. The minimum atomic E-state index is -3.27. The summed E-state index contributed by atoms with van der Waals surface area (Å²) in [5.41, 5.74) is 1.35. The van der Waals surface area contributed by atoms with E-state index in [2.05, 4.69) is 0 Å². The van der Waals surface area contributed by atoms with E-state index in [1.807, 2.05) is 0 Å². The summed E-state index contributed by atoms with van der Waals surface area (Å²) in [5.74, 6) is -0.847. The number of carboxylic acids is 1. The number of benzene rings is 1. The number of anilines is 1. The van der Waals surface area contributed by atoms with Gasteiger partial charge in [0, 0.05) is 6.54 Å². The van der Waals surface area contributed by atoms with Crippen molar-refractivity contribution in [3.05, 3.63) is 29.3 Å². The van der Waals surface area contributed by atoms with Gasteiger partial charge in [-0.15, -0.1) is 0 Å². The molecule has 1 N–H and O–H groups in total. The number of fused-ring (bicyclic) bond motifs is 1. The summed E-state index contributed by atoms with van der Waals surface area (Å²) in [5, 5.41) is 9.28. The van der Waals surface area contributed by atoms with Gasteiger partial charge in [-0.3, -0.25) is 9.10 Å². The quantitative estimate of drug-likeness (QED) is 0.910. The first-order valence-corrected chi connectivity index (χ1v) is 7.89. The van der Waals surface area contributed by atoms with Crippen LogP contribution in [0.3, 0.4) is 0 Å².